The van der Waals surface area contributed by atoms with Gasteiger partial charge in [0.1, 0.15) is 0 Å². The number of hydrogen-bond donors (Lipinski definition) is 2. The predicted molar refractivity (Wildman–Crippen MR) is 75.6 cm³/mol. The topological polar surface area (TPSA) is 58.2 Å². The van der Waals surface area contributed by atoms with E-state index in [0.29, 0.717) is 18.5 Å². The Morgan fingerprint density at radius 1 is 1.24 bits per heavy atom. The van der Waals surface area contributed by atoms with Gasteiger partial charge in [-0.3, -0.25) is 0 Å². The van der Waals surface area contributed by atoms with Crippen molar-refractivity contribution in [2.45, 2.75) is 19.1 Å². The van der Waals surface area contributed by atoms with E-state index in [0.717, 1.165) is 12.3 Å². The Labute approximate surface area is 126 Å². The molecule has 21 heavy (non-hydrogen) atoms. The molecule has 0 aliphatic heterocycles. The molecule has 120 valence electrons. The minimum Gasteiger partial charge on any atom is -0.313 e. The van der Waals surface area contributed by atoms with Crippen LogP contribution >= 0.6 is 11.6 Å². The fourth-order valence-electron chi connectivity index (χ4n) is 1.60. The maximum Gasteiger partial charge on any atom is 0.417 e. The van der Waals surface area contributed by atoms with Crippen LogP contribution < -0.4 is 10.0 Å². The fraction of sp³-hybridized carbons (Fsp3) is 0.500. The summed E-state index contributed by atoms with van der Waals surface area (Å²) in [6.45, 7) is 1.01. The summed E-state index contributed by atoms with van der Waals surface area (Å²) in [5, 5.41) is 2.61. The lowest BCUT2D eigenvalue weighted by molar-refractivity contribution is -0.137. The lowest BCUT2D eigenvalue weighted by Gasteiger charge is -2.11. The molecule has 0 spiro atoms. The molecule has 0 heterocycles. The van der Waals surface area contributed by atoms with E-state index in [4.69, 9.17) is 11.6 Å². The highest BCUT2D eigenvalue weighted by Crippen LogP contribution is 2.35. The van der Waals surface area contributed by atoms with Crippen LogP contribution in [0.3, 0.4) is 0 Å². The predicted octanol–water partition coefficient (Wildman–Crippen LogP) is 2.39. The van der Waals surface area contributed by atoms with Gasteiger partial charge in [0.15, 0.2) is 0 Å². The molecule has 9 heteroatoms. The van der Waals surface area contributed by atoms with Crippen molar-refractivity contribution < 1.29 is 21.6 Å². The molecule has 2 N–H and O–H groups in total. The number of benzene rings is 1. The number of nitrogens with one attached hydrogen (secondary N) is 2. The molecule has 1 rings (SSSR count). The molecule has 1 aromatic carbocycles. The van der Waals surface area contributed by atoms with Gasteiger partial charge in [-0.05, 0) is 30.7 Å². The molecule has 0 fully saturated rings. The molecule has 0 aromatic heterocycles. The minimum absolute atomic E-state index is 0.249. The van der Waals surface area contributed by atoms with Gasteiger partial charge in [0.05, 0.1) is 16.8 Å². The van der Waals surface area contributed by atoms with Crippen molar-refractivity contribution in [3.63, 3.8) is 0 Å². The highest BCUT2D eigenvalue weighted by Gasteiger charge is 2.33. The van der Waals surface area contributed by atoms with Crippen LogP contribution in [-0.2, 0) is 22.7 Å². The Bertz CT molecular complexity index is 576. The first-order chi connectivity index (χ1) is 9.59. The first-order valence-corrected chi connectivity index (χ1v) is 8.37. The smallest absolute Gasteiger partial charge is 0.313 e. The fourth-order valence-corrected chi connectivity index (χ4v) is 2.34. The summed E-state index contributed by atoms with van der Waals surface area (Å²) in [5.74, 6) is 0. The number of alkyl halides is 3. The Kier molecular flexibility index (Phi) is 6.45. The van der Waals surface area contributed by atoms with Gasteiger partial charge in [0.25, 0.3) is 0 Å². The maximum absolute atomic E-state index is 12.7. The first kappa shape index (κ1) is 18.2. The largest absolute Gasteiger partial charge is 0.417 e. The molecule has 0 unspecified atom stereocenters. The zero-order valence-electron chi connectivity index (χ0n) is 11.3. The third-order valence-electron chi connectivity index (χ3n) is 2.56. The van der Waals surface area contributed by atoms with Gasteiger partial charge in [-0.2, -0.15) is 13.2 Å². The molecule has 0 radical (unpaired) electrons. The molecule has 0 atom stereocenters. The van der Waals surface area contributed by atoms with E-state index < -0.39 is 21.8 Å². The zero-order valence-corrected chi connectivity index (χ0v) is 12.9. The summed E-state index contributed by atoms with van der Waals surface area (Å²) < 4.78 is 61.9. The van der Waals surface area contributed by atoms with Crippen LogP contribution in [0, 0.1) is 0 Å². The second kappa shape index (κ2) is 7.44. The van der Waals surface area contributed by atoms with Gasteiger partial charge in [-0.15, -0.1) is 0 Å². The summed E-state index contributed by atoms with van der Waals surface area (Å²) in [6, 6.07) is 3.73. The van der Waals surface area contributed by atoms with Gasteiger partial charge in [0.2, 0.25) is 10.0 Å². The van der Waals surface area contributed by atoms with Gasteiger partial charge >= 0.3 is 6.18 Å². The van der Waals surface area contributed by atoms with Crippen molar-refractivity contribution in [3.05, 3.63) is 34.3 Å². The quantitative estimate of drug-likeness (QED) is 0.747. The number of halogens is 4. The van der Waals surface area contributed by atoms with Crippen LogP contribution in [0.1, 0.15) is 17.5 Å². The summed E-state index contributed by atoms with van der Waals surface area (Å²) in [5.41, 5.74) is -0.398. The Morgan fingerprint density at radius 2 is 1.90 bits per heavy atom. The monoisotopic (exact) mass is 344 g/mol. The molecule has 1 aromatic rings. The third kappa shape index (κ3) is 7.12. The summed E-state index contributed by atoms with van der Waals surface area (Å²) in [7, 11) is -3.21. The molecule has 0 amide bonds. The lowest BCUT2D eigenvalue weighted by Crippen LogP contribution is -2.26. The van der Waals surface area contributed by atoms with E-state index in [9.17, 15) is 21.6 Å². The standard InChI is InChI=1S/C12H16ClF3N2O2S/c1-21(19,20)18-6-2-5-17-8-9-3-4-11(13)10(7-9)12(14,15)16/h3-4,7,17-18H,2,5-6,8H2,1H3. The zero-order chi connectivity index (χ0) is 16.1. The molecule has 0 aliphatic carbocycles. The van der Waals surface area contributed by atoms with E-state index in [2.05, 4.69) is 10.0 Å². The first-order valence-electron chi connectivity index (χ1n) is 6.10. The van der Waals surface area contributed by atoms with Crippen LogP contribution in [0.4, 0.5) is 13.2 Å². The molecule has 0 saturated carbocycles. The Balaban J connectivity index is 2.43. The minimum atomic E-state index is -4.48. The third-order valence-corrected chi connectivity index (χ3v) is 3.62. The van der Waals surface area contributed by atoms with Crippen molar-refractivity contribution >= 4 is 21.6 Å². The van der Waals surface area contributed by atoms with E-state index in [1.807, 2.05) is 0 Å². The van der Waals surface area contributed by atoms with Gasteiger partial charge < -0.3 is 5.32 Å². The Morgan fingerprint density at radius 3 is 2.48 bits per heavy atom. The second-order valence-electron chi connectivity index (χ2n) is 4.51. The highest BCUT2D eigenvalue weighted by atomic mass is 35.5. The van der Waals surface area contributed by atoms with Crippen molar-refractivity contribution in [3.8, 4) is 0 Å². The number of hydrogen-bond acceptors (Lipinski definition) is 3. The van der Waals surface area contributed by atoms with Crippen molar-refractivity contribution in [2.24, 2.45) is 0 Å². The molecule has 4 nitrogen and oxygen atoms in total. The van der Waals surface area contributed by atoms with Crippen molar-refractivity contribution in [2.75, 3.05) is 19.3 Å². The molecular weight excluding hydrogens is 329 g/mol. The van der Waals surface area contributed by atoms with E-state index in [1.165, 1.54) is 12.1 Å². The van der Waals surface area contributed by atoms with Crippen LogP contribution in [0.15, 0.2) is 18.2 Å². The van der Waals surface area contributed by atoms with Gasteiger partial charge in [0, 0.05) is 13.1 Å². The van der Waals surface area contributed by atoms with E-state index >= 15 is 0 Å². The number of rotatable bonds is 7. The summed E-state index contributed by atoms with van der Waals surface area (Å²) in [6.07, 6.45) is -2.88. The average Bonchev–Trinajstić information content (AvgIpc) is 2.32. The lowest BCUT2D eigenvalue weighted by atomic mass is 10.1. The SMILES string of the molecule is CS(=O)(=O)NCCCNCc1ccc(Cl)c(C(F)(F)F)c1. The van der Waals surface area contributed by atoms with Gasteiger partial charge in [-0.25, -0.2) is 13.1 Å². The number of sulfonamides is 1. The highest BCUT2D eigenvalue weighted by molar-refractivity contribution is 7.88. The summed E-state index contributed by atoms with van der Waals surface area (Å²) >= 11 is 5.52. The van der Waals surface area contributed by atoms with Crippen molar-refractivity contribution in [1.29, 1.82) is 0 Å². The normalized spacial score (nSPS) is 12.6. The molecular formula is C12H16ClF3N2O2S. The molecule has 0 bridgehead atoms. The Hall–Kier alpha value is -0.830. The molecule has 0 aliphatic rings. The second-order valence-corrected chi connectivity index (χ2v) is 6.75. The maximum atomic E-state index is 12.7. The molecule has 0 saturated heterocycles. The van der Waals surface area contributed by atoms with Crippen molar-refractivity contribution in [1.82, 2.24) is 10.0 Å². The van der Waals surface area contributed by atoms with Crippen LogP contribution in [0.2, 0.25) is 5.02 Å². The van der Waals surface area contributed by atoms with Crippen LogP contribution in [0.5, 0.6) is 0 Å². The van der Waals surface area contributed by atoms with E-state index in [-0.39, 0.29) is 18.1 Å². The van der Waals surface area contributed by atoms with E-state index in [1.54, 1.807) is 0 Å². The van der Waals surface area contributed by atoms with Crippen LogP contribution in [-0.4, -0.2) is 27.8 Å². The average molecular weight is 345 g/mol. The summed E-state index contributed by atoms with van der Waals surface area (Å²) in [4.78, 5) is 0. The van der Waals surface area contributed by atoms with Gasteiger partial charge in [-0.1, -0.05) is 17.7 Å². The van der Waals surface area contributed by atoms with Crippen LogP contribution in [0.25, 0.3) is 0 Å².